The summed E-state index contributed by atoms with van der Waals surface area (Å²) in [4.78, 5) is 15.5. The summed E-state index contributed by atoms with van der Waals surface area (Å²) < 4.78 is 26.8. The van der Waals surface area contributed by atoms with E-state index in [1.54, 1.807) is 18.7 Å². The van der Waals surface area contributed by atoms with Gasteiger partial charge in [0.05, 0.1) is 25.3 Å². The van der Waals surface area contributed by atoms with E-state index in [1.165, 1.54) is 4.90 Å². The summed E-state index contributed by atoms with van der Waals surface area (Å²) in [5.74, 6) is -3.85. The first-order chi connectivity index (χ1) is 10.2. The Bertz CT molecular complexity index is 474. The Hall–Kier alpha value is -1.26. The Balaban J connectivity index is 2.00. The van der Waals surface area contributed by atoms with Gasteiger partial charge in [0.1, 0.15) is 5.92 Å². The highest BCUT2D eigenvalue weighted by Crippen LogP contribution is 2.35. The third-order valence-corrected chi connectivity index (χ3v) is 4.82. The normalized spacial score (nSPS) is 26.4. The third kappa shape index (κ3) is 3.39. The number of rotatable bonds is 5. The second kappa shape index (κ2) is 6.09. The van der Waals surface area contributed by atoms with Crippen molar-refractivity contribution in [3.05, 3.63) is 0 Å². The Labute approximate surface area is 129 Å². The first kappa shape index (κ1) is 17.1. The van der Waals surface area contributed by atoms with E-state index in [-0.39, 0.29) is 44.5 Å². The molecule has 2 heterocycles. The van der Waals surface area contributed by atoms with Crippen molar-refractivity contribution in [2.45, 2.75) is 50.6 Å². The molecule has 0 aromatic rings. The number of hydrogen-bond donors (Lipinski definition) is 1. The lowest BCUT2D eigenvalue weighted by atomic mass is 9.87. The fourth-order valence-corrected chi connectivity index (χ4v) is 3.19. The van der Waals surface area contributed by atoms with Crippen LogP contribution in [0.5, 0.6) is 0 Å². The molecule has 0 bridgehead atoms. The zero-order valence-electron chi connectivity index (χ0n) is 13.1. The molecule has 2 rings (SSSR count). The second-order valence-electron chi connectivity index (χ2n) is 6.88. The van der Waals surface area contributed by atoms with Crippen molar-refractivity contribution in [2.24, 2.45) is 5.92 Å². The zero-order valence-corrected chi connectivity index (χ0v) is 13.1. The molecular weight excluding hydrogens is 292 g/mol. The van der Waals surface area contributed by atoms with Crippen LogP contribution in [-0.2, 0) is 4.79 Å². The molecule has 2 aliphatic rings. The average molecular weight is 315 g/mol. The molecule has 2 atom stereocenters. The first-order valence-electron chi connectivity index (χ1n) is 7.64. The molecule has 2 saturated heterocycles. The standard InChI is InChI=1S/C15H23F2N3O2/c1-14(2,19-6-4-15(16,17)10-19)7-11(8-18)13(22)20-5-3-12(20)9-21/h11-12,21H,3-7,9-10H2,1-2H3/t11?,12-/m1/s1. The van der Waals surface area contributed by atoms with E-state index >= 15 is 0 Å². The number of aliphatic hydroxyl groups excluding tert-OH is 1. The van der Waals surface area contributed by atoms with Crippen LogP contribution in [0.4, 0.5) is 8.78 Å². The van der Waals surface area contributed by atoms with Gasteiger partial charge in [0, 0.05) is 25.0 Å². The molecule has 0 spiro atoms. The highest BCUT2D eigenvalue weighted by Gasteiger charge is 2.45. The van der Waals surface area contributed by atoms with Gasteiger partial charge in [0.2, 0.25) is 5.91 Å². The summed E-state index contributed by atoms with van der Waals surface area (Å²) in [6, 6.07) is 1.80. The number of nitriles is 1. The Morgan fingerprint density at radius 3 is 2.59 bits per heavy atom. The van der Waals surface area contributed by atoms with Crippen molar-refractivity contribution < 1.29 is 18.7 Å². The predicted molar refractivity (Wildman–Crippen MR) is 76.1 cm³/mol. The van der Waals surface area contributed by atoms with E-state index in [9.17, 15) is 18.8 Å². The number of likely N-dealkylation sites (tertiary alicyclic amines) is 2. The van der Waals surface area contributed by atoms with E-state index < -0.39 is 17.4 Å². The van der Waals surface area contributed by atoms with Crippen LogP contribution < -0.4 is 0 Å². The Morgan fingerprint density at radius 1 is 1.50 bits per heavy atom. The Morgan fingerprint density at radius 2 is 2.18 bits per heavy atom. The number of alkyl halides is 2. The van der Waals surface area contributed by atoms with Crippen molar-refractivity contribution in [2.75, 3.05) is 26.2 Å². The quantitative estimate of drug-likeness (QED) is 0.828. The number of nitrogens with zero attached hydrogens (tertiary/aromatic N) is 3. The van der Waals surface area contributed by atoms with Crippen LogP contribution in [0, 0.1) is 17.2 Å². The van der Waals surface area contributed by atoms with E-state index in [1.807, 2.05) is 6.07 Å². The summed E-state index contributed by atoms with van der Waals surface area (Å²) in [6.07, 6.45) is 0.773. The fourth-order valence-electron chi connectivity index (χ4n) is 3.19. The maximum absolute atomic E-state index is 13.4. The van der Waals surface area contributed by atoms with Crippen molar-refractivity contribution in [1.82, 2.24) is 9.80 Å². The van der Waals surface area contributed by atoms with E-state index in [4.69, 9.17) is 5.11 Å². The number of carbonyl (C=O) groups is 1. The molecule has 0 aromatic heterocycles. The van der Waals surface area contributed by atoms with Crippen molar-refractivity contribution >= 4 is 5.91 Å². The number of carbonyl (C=O) groups excluding carboxylic acids is 1. The van der Waals surface area contributed by atoms with Gasteiger partial charge in [-0.3, -0.25) is 9.69 Å². The molecule has 124 valence electrons. The molecule has 1 unspecified atom stereocenters. The van der Waals surface area contributed by atoms with Gasteiger partial charge in [-0.25, -0.2) is 8.78 Å². The highest BCUT2D eigenvalue weighted by atomic mass is 19.3. The molecule has 2 fully saturated rings. The van der Waals surface area contributed by atoms with Crippen LogP contribution in [-0.4, -0.2) is 64.6 Å². The van der Waals surface area contributed by atoms with Gasteiger partial charge in [-0.15, -0.1) is 0 Å². The van der Waals surface area contributed by atoms with Crippen LogP contribution in [0.3, 0.4) is 0 Å². The first-order valence-corrected chi connectivity index (χ1v) is 7.64. The smallest absolute Gasteiger partial charge is 0.261 e. The monoisotopic (exact) mass is 315 g/mol. The Kier molecular flexibility index (Phi) is 4.73. The maximum Gasteiger partial charge on any atom is 0.261 e. The predicted octanol–water partition coefficient (Wildman–Crippen LogP) is 1.23. The van der Waals surface area contributed by atoms with Gasteiger partial charge >= 0.3 is 0 Å². The van der Waals surface area contributed by atoms with E-state index in [0.717, 1.165) is 6.42 Å². The summed E-state index contributed by atoms with van der Waals surface area (Å²) in [5.41, 5.74) is -0.643. The van der Waals surface area contributed by atoms with Crippen LogP contribution in [0.2, 0.25) is 0 Å². The van der Waals surface area contributed by atoms with Crippen LogP contribution in [0.15, 0.2) is 0 Å². The minimum Gasteiger partial charge on any atom is -0.394 e. The minimum atomic E-state index is -2.69. The summed E-state index contributed by atoms with van der Waals surface area (Å²) in [7, 11) is 0. The fraction of sp³-hybridized carbons (Fsp3) is 0.867. The molecule has 22 heavy (non-hydrogen) atoms. The number of hydrogen-bond acceptors (Lipinski definition) is 4. The number of halogens is 2. The second-order valence-corrected chi connectivity index (χ2v) is 6.88. The maximum atomic E-state index is 13.4. The lowest BCUT2D eigenvalue weighted by Crippen LogP contribution is -2.56. The molecule has 7 heteroatoms. The van der Waals surface area contributed by atoms with Crippen LogP contribution in [0.1, 0.15) is 33.1 Å². The van der Waals surface area contributed by atoms with Crippen LogP contribution in [0.25, 0.3) is 0 Å². The van der Waals surface area contributed by atoms with Crippen LogP contribution >= 0.6 is 0 Å². The number of aliphatic hydroxyl groups is 1. The van der Waals surface area contributed by atoms with Crippen molar-refractivity contribution in [3.63, 3.8) is 0 Å². The van der Waals surface area contributed by atoms with Gasteiger partial charge in [-0.05, 0) is 26.7 Å². The summed E-state index contributed by atoms with van der Waals surface area (Å²) in [5, 5.41) is 18.5. The molecule has 0 saturated carbocycles. The van der Waals surface area contributed by atoms with Gasteiger partial charge < -0.3 is 10.0 Å². The van der Waals surface area contributed by atoms with E-state index in [2.05, 4.69) is 0 Å². The average Bonchev–Trinajstić information content (AvgIpc) is 2.76. The van der Waals surface area contributed by atoms with Gasteiger partial charge in [0.15, 0.2) is 0 Å². The molecule has 1 amide bonds. The summed E-state index contributed by atoms with van der Waals surface area (Å²) >= 11 is 0. The zero-order chi connectivity index (χ0) is 16.5. The molecule has 0 aromatic carbocycles. The molecule has 2 aliphatic heterocycles. The molecule has 0 aliphatic carbocycles. The minimum absolute atomic E-state index is 0.106. The van der Waals surface area contributed by atoms with Crippen molar-refractivity contribution in [1.29, 1.82) is 5.26 Å². The molecule has 1 N–H and O–H groups in total. The van der Waals surface area contributed by atoms with Gasteiger partial charge in [-0.2, -0.15) is 5.26 Å². The number of amides is 1. The SMILES string of the molecule is CC(C)(CC(C#N)C(=O)N1CC[C@@H]1CO)N1CCC(F)(F)C1. The van der Waals surface area contributed by atoms with E-state index in [0.29, 0.717) is 6.54 Å². The summed E-state index contributed by atoms with van der Waals surface area (Å²) in [6.45, 7) is 3.98. The topological polar surface area (TPSA) is 67.6 Å². The van der Waals surface area contributed by atoms with Gasteiger partial charge in [0.25, 0.3) is 5.92 Å². The molecule has 5 nitrogen and oxygen atoms in total. The molecule has 0 radical (unpaired) electrons. The van der Waals surface area contributed by atoms with Crippen molar-refractivity contribution in [3.8, 4) is 6.07 Å². The lowest BCUT2D eigenvalue weighted by molar-refractivity contribution is -0.144. The largest absolute Gasteiger partial charge is 0.394 e. The third-order valence-electron chi connectivity index (χ3n) is 4.82. The lowest BCUT2D eigenvalue weighted by Gasteiger charge is -2.42. The van der Waals surface area contributed by atoms with Gasteiger partial charge in [-0.1, -0.05) is 0 Å². The molecular formula is C15H23F2N3O2. The highest BCUT2D eigenvalue weighted by molar-refractivity contribution is 5.82.